The molecule has 92 valence electrons. The van der Waals surface area contributed by atoms with Crippen molar-refractivity contribution >= 4 is 22.2 Å². The Hall–Kier alpha value is -2.06. The Morgan fingerprint density at radius 2 is 2.11 bits per heavy atom. The molecule has 0 atom stereocenters. The van der Waals surface area contributed by atoms with Gasteiger partial charge in [-0.05, 0) is 37.1 Å². The Balaban J connectivity index is 2.29. The van der Waals surface area contributed by atoms with Crippen LogP contribution >= 0.6 is 11.3 Å². The summed E-state index contributed by atoms with van der Waals surface area (Å²) in [5.74, 6) is 0.870. The van der Waals surface area contributed by atoms with Crippen molar-refractivity contribution in [2.75, 3.05) is 12.4 Å². The van der Waals surface area contributed by atoms with Gasteiger partial charge in [0, 0.05) is 5.69 Å². The first-order valence-corrected chi connectivity index (χ1v) is 6.24. The van der Waals surface area contributed by atoms with Gasteiger partial charge in [0.25, 0.3) is 0 Å². The molecule has 0 bridgehead atoms. The van der Waals surface area contributed by atoms with Crippen LogP contribution in [0.1, 0.15) is 16.0 Å². The van der Waals surface area contributed by atoms with E-state index >= 15 is 0 Å². The summed E-state index contributed by atoms with van der Waals surface area (Å²) in [5, 5.41) is 12.7. The highest BCUT2D eigenvalue weighted by Gasteiger charge is 2.07. The molecule has 0 saturated carbocycles. The molecular formula is C13H13N3OS. The predicted molar refractivity (Wildman–Crippen MR) is 72.6 cm³/mol. The molecule has 0 saturated heterocycles. The number of aromatic nitrogens is 1. The summed E-state index contributed by atoms with van der Waals surface area (Å²) in [6, 6.07) is 6.07. The van der Waals surface area contributed by atoms with Crippen LogP contribution in [0.2, 0.25) is 0 Å². The zero-order valence-corrected chi connectivity index (χ0v) is 11.3. The number of aryl methyl sites for hydroxylation is 2. The molecule has 0 amide bonds. The zero-order chi connectivity index (χ0) is 13.1. The minimum atomic E-state index is 0.598. The van der Waals surface area contributed by atoms with Gasteiger partial charge in [-0.2, -0.15) is 5.26 Å². The quantitative estimate of drug-likeness (QED) is 0.918. The van der Waals surface area contributed by atoms with Crippen molar-refractivity contribution in [3.63, 3.8) is 0 Å². The highest BCUT2D eigenvalue weighted by Crippen LogP contribution is 2.29. The molecule has 0 fully saturated rings. The molecule has 1 N–H and O–H groups in total. The first-order valence-electron chi connectivity index (χ1n) is 5.42. The fourth-order valence-electron chi connectivity index (χ4n) is 1.64. The number of methoxy groups -OCH3 is 1. The Bertz CT molecular complexity index is 613. The lowest BCUT2D eigenvalue weighted by Crippen LogP contribution is -1.95. The first-order chi connectivity index (χ1) is 8.63. The fraction of sp³-hybridized carbons (Fsp3) is 0.231. The third-order valence-electron chi connectivity index (χ3n) is 2.60. The Labute approximate surface area is 110 Å². The molecule has 5 heteroatoms. The van der Waals surface area contributed by atoms with Gasteiger partial charge in [-0.1, -0.05) is 11.3 Å². The molecule has 4 nitrogen and oxygen atoms in total. The number of nitrogens with one attached hydrogen (secondary N) is 1. The van der Waals surface area contributed by atoms with Gasteiger partial charge in [-0.15, -0.1) is 0 Å². The number of nitriles is 1. The molecule has 18 heavy (non-hydrogen) atoms. The molecule has 2 aromatic rings. The van der Waals surface area contributed by atoms with Crippen LogP contribution in [0.3, 0.4) is 0 Å². The second-order valence-electron chi connectivity index (χ2n) is 3.90. The zero-order valence-electron chi connectivity index (χ0n) is 10.4. The van der Waals surface area contributed by atoms with Crippen LogP contribution in [0.25, 0.3) is 0 Å². The molecule has 0 aliphatic rings. The summed E-state index contributed by atoms with van der Waals surface area (Å²) in [7, 11) is 1.66. The van der Waals surface area contributed by atoms with Gasteiger partial charge >= 0.3 is 0 Å². The van der Waals surface area contributed by atoms with Gasteiger partial charge in [0.1, 0.15) is 16.7 Å². The van der Waals surface area contributed by atoms with Crippen molar-refractivity contribution < 1.29 is 4.74 Å². The molecule has 0 aliphatic carbocycles. The van der Waals surface area contributed by atoms with Gasteiger partial charge in [0.2, 0.25) is 0 Å². The normalized spacial score (nSPS) is 9.89. The number of rotatable bonds is 3. The molecule has 0 aliphatic heterocycles. The minimum Gasteiger partial charge on any atom is -0.496 e. The van der Waals surface area contributed by atoms with Gasteiger partial charge in [0.15, 0.2) is 5.13 Å². The number of nitrogens with zero attached hydrogens (tertiary/aromatic N) is 2. The van der Waals surface area contributed by atoms with Crippen LogP contribution in [0.4, 0.5) is 10.8 Å². The van der Waals surface area contributed by atoms with Crippen molar-refractivity contribution in [1.82, 2.24) is 4.98 Å². The van der Waals surface area contributed by atoms with E-state index in [0.29, 0.717) is 4.88 Å². The summed E-state index contributed by atoms with van der Waals surface area (Å²) in [6.45, 7) is 4.00. The number of ether oxygens (including phenoxy) is 1. The number of anilines is 2. The maximum Gasteiger partial charge on any atom is 0.188 e. The monoisotopic (exact) mass is 259 g/mol. The highest BCUT2D eigenvalue weighted by molar-refractivity contribution is 7.16. The topological polar surface area (TPSA) is 57.9 Å². The fourth-order valence-corrected chi connectivity index (χ4v) is 2.27. The molecule has 0 spiro atoms. The smallest absolute Gasteiger partial charge is 0.188 e. The SMILES string of the molecule is COc1cc(C)c(Nc2ncc(C#N)s2)cc1C. The third kappa shape index (κ3) is 2.44. The lowest BCUT2D eigenvalue weighted by atomic mass is 10.1. The molecule has 0 radical (unpaired) electrons. The summed E-state index contributed by atoms with van der Waals surface area (Å²) in [5.41, 5.74) is 3.11. The van der Waals surface area contributed by atoms with Crippen molar-refractivity contribution in [1.29, 1.82) is 5.26 Å². The van der Waals surface area contributed by atoms with Crippen LogP contribution in [0.15, 0.2) is 18.3 Å². The number of benzene rings is 1. The summed E-state index contributed by atoms with van der Waals surface area (Å²) in [6.07, 6.45) is 1.57. The summed E-state index contributed by atoms with van der Waals surface area (Å²) >= 11 is 1.34. The molecule has 2 rings (SSSR count). The standard InChI is InChI=1S/C13H13N3OS/c1-8-5-12(17-3)9(2)4-11(8)16-13-15-7-10(6-14)18-13/h4-5,7H,1-3H3,(H,15,16). The Morgan fingerprint density at radius 1 is 1.33 bits per heavy atom. The predicted octanol–water partition coefficient (Wildman–Crippen LogP) is 3.38. The molecule has 0 unspecified atom stereocenters. The highest BCUT2D eigenvalue weighted by atomic mass is 32.1. The summed E-state index contributed by atoms with van der Waals surface area (Å²) < 4.78 is 5.27. The van der Waals surface area contributed by atoms with E-state index in [-0.39, 0.29) is 0 Å². The summed E-state index contributed by atoms with van der Waals surface area (Å²) in [4.78, 5) is 4.75. The average Bonchev–Trinajstić information content (AvgIpc) is 2.81. The molecule has 1 aromatic carbocycles. The van der Waals surface area contributed by atoms with Crippen molar-refractivity contribution in [2.45, 2.75) is 13.8 Å². The van der Waals surface area contributed by atoms with Gasteiger partial charge < -0.3 is 10.1 Å². The van der Waals surface area contributed by atoms with E-state index in [0.717, 1.165) is 27.7 Å². The van der Waals surface area contributed by atoms with Crippen LogP contribution in [-0.4, -0.2) is 12.1 Å². The molecule has 1 heterocycles. The average molecular weight is 259 g/mol. The van der Waals surface area contributed by atoms with E-state index in [1.54, 1.807) is 13.3 Å². The Morgan fingerprint density at radius 3 is 2.72 bits per heavy atom. The van der Waals surface area contributed by atoms with Crippen molar-refractivity contribution in [3.05, 3.63) is 34.3 Å². The van der Waals surface area contributed by atoms with Gasteiger partial charge in [-0.25, -0.2) is 4.98 Å². The van der Waals surface area contributed by atoms with Gasteiger partial charge in [-0.3, -0.25) is 0 Å². The number of thiazole rings is 1. The third-order valence-corrected chi connectivity index (χ3v) is 3.42. The number of hydrogen-bond donors (Lipinski definition) is 1. The maximum absolute atomic E-state index is 8.76. The van der Waals surface area contributed by atoms with E-state index in [1.807, 2.05) is 26.0 Å². The second kappa shape index (κ2) is 5.07. The first kappa shape index (κ1) is 12.4. The van der Waals surface area contributed by atoms with E-state index in [1.165, 1.54) is 11.3 Å². The van der Waals surface area contributed by atoms with E-state index in [2.05, 4.69) is 16.4 Å². The lowest BCUT2D eigenvalue weighted by molar-refractivity contribution is 0.411. The van der Waals surface area contributed by atoms with Crippen molar-refractivity contribution in [3.8, 4) is 11.8 Å². The van der Waals surface area contributed by atoms with Crippen LogP contribution in [-0.2, 0) is 0 Å². The second-order valence-corrected chi connectivity index (χ2v) is 4.93. The maximum atomic E-state index is 8.76. The largest absolute Gasteiger partial charge is 0.496 e. The Kier molecular flexibility index (Phi) is 3.49. The van der Waals surface area contributed by atoms with Crippen LogP contribution < -0.4 is 10.1 Å². The van der Waals surface area contributed by atoms with E-state index in [9.17, 15) is 0 Å². The van der Waals surface area contributed by atoms with E-state index < -0.39 is 0 Å². The van der Waals surface area contributed by atoms with E-state index in [4.69, 9.17) is 10.00 Å². The van der Waals surface area contributed by atoms with Crippen LogP contribution in [0, 0.1) is 25.2 Å². The number of hydrogen-bond acceptors (Lipinski definition) is 5. The lowest BCUT2D eigenvalue weighted by Gasteiger charge is -2.11. The molecular weight excluding hydrogens is 246 g/mol. The minimum absolute atomic E-state index is 0.598. The van der Waals surface area contributed by atoms with Crippen LogP contribution in [0.5, 0.6) is 5.75 Å². The molecule has 1 aromatic heterocycles. The van der Waals surface area contributed by atoms with Crippen molar-refractivity contribution in [2.24, 2.45) is 0 Å². The van der Waals surface area contributed by atoms with Gasteiger partial charge in [0.05, 0.1) is 13.3 Å².